The summed E-state index contributed by atoms with van der Waals surface area (Å²) in [6.07, 6.45) is 1.48. The van der Waals surface area contributed by atoms with Crippen LogP contribution in [0.1, 0.15) is 18.4 Å². The monoisotopic (exact) mass is 208 g/mol. The first kappa shape index (κ1) is 9.96. The van der Waals surface area contributed by atoms with Gasteiger partial charge < -0.3 is 10.6 Å². The summed E-state index contributed by atoms with van der Waals surface area (Å²) in [5, 5.41) is 0. The van der Waals surface area contributed by atoms with E-state index in [4.69, 9.17) is 5.73 Å². The number of nitrogens with two attached hydrogens (primary N) is 1. The summed E-state index contributed by atoms with van der Waals surface area (Å²) in [7, 11) is 0. The third-order valence-corrected chi connectivity index (χ3v) is 2.64. The molecular formula is C11H13FN2O. The number of carbonyl (C=O) groups excluding carboxylic acids is 1. The van der Waals surface area contributed by atoms with Crippen LogP contribution in [-0.2, 0) is 11.3 Å². The highest BCUT2D eigenvalue weighted by atomic mass is 19.1. The molecule has 80 valence electrons. The lowest BCUT2D eigenvalue weighted by Crippen LogP contribution is -2.24. The first-order valence-electron chi connectivity index (χ1n) is 4.98. The third-order valence-electron chi connectivity index (χ3n) is 2.64. The average molecular weight is 208 g/mol. The van der Waals surface area contributed by atoms with Gasteiger partial charge in [0.15, 0.2) is 0 Å². The van der Waals surface area contributed by atoms with E-state index in [9.17, 15) is 9.18 Å². The van der Waals surface area contributed by atoms with Gasteiger partial charge in [-0.1, -0.05) is 0 Å². The van der Waals surface area contributed by atoms with Gasteiger partial charge in [0.25, 0.3) is 0 Å². The molecule has 1 heterocycles. The van der Waals surface area contributed by atoms with Crippen molar-refractivity contribution in [3.63, 3.8) is 0 Å². The maximum atomic E-state index is 13.0. The zero-order valence-electron chi connectivity index (χ0n) is 8.37. The Hall–Kier alpha value is -1.58. The van der Waals surface area contributed by atoms with Crippen LogP contribution in [0, 0.1) is 5.82 Å². The quantitative estimate of drug-likeness (QED) is 0.749. The number of hydrogen-bond donors (Lipinski definition) is 1. The molecule has 1 aromatic rings. The lowest BCUT2D eigenvalue weighted by Gasteiger charge is -2.16. The second-order valence-corrected chi connectivity index (χ2v) is 3.76. The topological polar surface area (TPSA) is 46.3 Å². The third kappa shape index (κ3) is 2.09. The fraction of sp³-hybridized carbons (Fsp3) is 0.364. The van der Waals surface area contributed by atoms with Crippen molar-refractivity contribution in [2.24, 2.45) is 0 Å². The van der Waals surface area contributed by atoms with Gasteiger partial charge in [0.2, 0.25) is 5.91 Å². The summed E-state index contributed by atoms with van der Waals surface area (Å²) in [4.78, 5) is 13.1. The van der Waals surface area contributed by atoms with Crippen molar-refractivity contribution in [3.05, 3.63) is 29.6 Å². The number of benzene rings is 1. The van der Waals surface area contributed by atoms with Gasteiger partial charge in [-0.05, 0) is 30.2 Å². The van der Waals surface area contributed by atoms with Gasteiger partial charge >= 0.3 is 0 Å². The SMILES string of the molecule is Nc1ccc(F)cc1CN1CCCC1=O. The summed E-state index contributed by atoms with van der Waals surface area (Å²) in [5.74, 6) is -0.190. The van der Waals surface area contributed by atoms with Gasteiger partial charge in [0.1, 0.15) is 5.82 Å². The Bertz CT molecular complexity index is 392. The molecule has 0 atom stereocenters. The van der Waals surface area contributed by atoms with E-state index in [0.29, 0.717) is 24.2 Å². The van der Waals surface area contributed by atoms with Crippen LogP contribution in [0.25, 0.3) is 0 Å². The van der Waals surface area contributed by atoms with Gasteiger partial charge in [0, 0.05) is 25.2 Å². The predicted molar refractivity (Wildman–Crippen MR) is 55.5 cm³/mol. The van der Waals surface area contributed by atoms with E-state index in [0.717, 1.165) is 13.0 Å². The summed E-state index contributed by atoms with van der Waals surface area (Å²) in [6, 6.07) is 4.25. The van der Waals surface area contributed by atoms with E-state index in [2.05, 4.69) is 0 Å². The summed E-state index contributed by atoms with van der Waals surface area (Å²) in [6.45, 7) is 1.16. The number of nitrogens with zero attached hydrogens (tertiary/aromatic N) is 1. The number of hydrogen-bond acceptors (Lipinski definition) is 2. The molecule has 1 saturated heterocycles. The van der Waals surface area contributed by atoms with E-state index in [1.165, 1.54) is 18.2 Å². The van der Waals surface area contributed by atoms with Gasteiger partial charge in [0.05, 0.1) is 0 Å². The molecule has 2 N–H and O–H groups in total. The van der Waals surface area contributed by atoms with Gasteiger partial charge in [-0.15, -0.1) is 0 Å². The van der Waals surface area contributed by atoms with Crippen LogP contribution >= 0.6 is 0 Å². The van der Waals surface area contributed by atoms with E-state index in [1.54, 1.807) is 4.90 Å². The van der Waals surface area contributed by atoms with Crippen molar-refractivity contribution >= 4 is 11.6 Å². The number of amides is 1. The number of anilines is 1. The number of halogens is 1. The molecule has 15 heavy (non-hydrogen) atoms. The van der Waals surface area contributed by atoms with Crippen LogP contribution in [0.5, 0.6) is 0 Å². The first-order valence-corrected chi connectivity index (χ1v) is 4.98. The Balaban J connectivity index is 2.16. The smallest absolute Gasteiger partial charge is 0.222 e. The molecule has 1 aromatic carbocycles. The Morgan fingerprint density at radius 2 is 2.27 bits per heavy atom. The zero-order chi connectivity index (χ0) is 10.8. The lowest BCUT2D eigenvalue weighted by molar-refractivity contribution is -0.128. The highest BCUT2D eigenvalue weighted by molar-refractivity contribution is 5.78. The minimum Gasteiger partial charge on any atom is -0.398 e. The van der Waals surface area contributed by atoms with E-state index < -0.39 is 0 Å². The highest BCUT2D eigenvalue weighted by Crippen LogP contribution is 2.19. The highest BCUT2D eigenvalue weighted by Gasteiger charge is 2.20. The Kier molecular flexibility index (Phi) is 2.58. The molecule has 3 nitrogen and oxygen atoms in total. The molecule has 1 aliphatic rings. The van der Waals surface area contributed by atoms with Gasteiger partial charge in [-0.3, -0.25) is 4.79 Å². The van der Waals surface area contributed by atoms with Crippen LogP contribution in [0.4, 0.5) is 10.1 Å². The molecule has 2 rings (SSSR count). The van der Waals surface area contributed by atoms with Crippen molar-refractivity contribution < 1.29 is 9.18 Å². The van der Waals surface area contributed by atoms with Crippen LogP contribution in [0.2, 0.25) is 0 Å². The van der Waals surface area contributed by atoms with Crippen LogP contribution in [-0.4, -0.2) is 17.4 Å². The van der Waals surface area contributed by atoms with Crippen LogP contribution in [0.3, 0.4) is 0 Å². The minimum atomic E-state index is -0.314. The van der Waals surface area contributed by atoms with Crippen molar-refractivity contribution in [1.29, 1.82) is 0 Å². The summed E-state index contributed by atoms with van der Waals surface area (Å²) in [5.41, 5.74) is 6.93. The van der Waals surface area contributed by atoms with Crippen molar-refractivity contribution in [2.75, 3.05) is 12.3 Å². The molecule has 1 aliphatic heterocycles. The zero-order valence-corrected chi connectivity index (χ0v) is 8.37. The number of likely N-dealkylation sites (tertiary alicyclic amines) is 1. The number of rotatable bonds is 2. The lowest BCUT2D eigenvalue weighted by atomic mass is 10.1. The summed E-state index contributed by atoms with van der Waals surface area (Å²) < 4.78 is 13.0. The maximum Gasteiger partial charge on any atom is 0.222 e. The Morgan fingerprint density at radius 1 is 1.47 bits per heavy atom. The predicted octanol–water partition coefficient (Wildman–Crippen LogP) is 1.53. The molecule has 0 bridgehead atoms. The summed E-state index contributed by atoms with van der Waals surface area (Å²) >= 11 is 0. The molecule has 0 unspecified atom stereocenters. The van der Waals surface area contributed by atoms with E-state index in [-0.39, 0.29) is 11.7 Å². The van der Waals surface area contributed by atoms with Crippen LogP contribution in [0.15, 0.2) is 18.2 Å². The first-order chi connectivity index (χ1) is 7.16. The molecular weight excluding hydrogens is 195 g/mol. The number of carbonyl (C=O) groups is 1. The molecule has 0 saturated carbocycles. The standard InChI is InChI=1S/C11H13FN2O/c12-9-3-4-10(13)8(6-9)7-14-5-1-2-11(14)15/h3-4,6H,1-2,5,7,13H2. The normalized spacial score (nSPS) is 16.1. The molecule has 1 fully saturated rings. The molecule has 0 radical (unpaired) electrons. The molecule has 0 aliphatic carbocycles. The van der Waals surface area contributed by atoms with Crippen molar-refractivity contribution in [2.45, 2.75) is 19.4 Å². The Morgan fingerprint density at radius 3 is 2.93 bits per heavy atom. The van der Waals surface area contributed by atoms with Gasteiger partial charge in [-0.2, -0.15) is 0 Å². The molecule has 4 heteroatoms. The molecule has 1 amide bonds. The molecule has 0 spiro atoms. The second-order valence-electron chi connectivity index (χ2n) is 3.76. The van der Waals surface area contributed by atoms with Gasteiger partial charge in [-0.25, -0.2) is 4.39 Å². The molecule has 0 aromatic heterocycles. The largest absolute Gasteiger partial charge is 0.398 e. The van der Waals surface area contributed by atoms with Crippen LogP contribution < -0.4 is 5.73 Å². The van der Waals surface area contributed by atoms with E-state index in [1.807, 2.05) is 0 Å². The average Bonchev–Trinajstić information content (AvgIpc) is 2.58. The van der Waals surface area contributed by atoms with E-state index >= 15 is 0 Å². The maximum absolute atomic E-state index is 13.0. The second kappa shape index (κ2) is 3.88. The van der Waals surface area contributed by atoms with Crippen molar-refractivity contribution in [1.82, 2.24) is 4.90 Å². The Labute approximate surface area is 87.7 Å². The minimum absolute atomic E-state index is 0.124. The number of nitrogen functional groups attached to an aromatic ring is 1. The van der Waals surface area contributed by atoms with Crippen molar-refractivity contribution in [3.8, 4) is 0 Å². The fourth-order valence-corrected chi connectivity index (χ4v) is 1.79. The fourth-order valence-electron chi connectivity index (χ4n) is 1.79.